The predicted octanol–water partition coefficient (Wildman–Crippen LogP) is 1.30. The van der Waals surface area contributed by atoms with E-state index in [1.807, 2.05) is 0 Å². The number of methoxy groups -OCH3 is 1. The third kappa shape index (κ3) is 3.82. The molecule has 1 atom stereocenters. The van der Waals surface area contributed by atoms with Gasteiger partial charge in [-0.05, 0) is 31.5 Å². The fraction of sp³-hybridized carbons (Fsp3) is 0.308. The SMILES string of the molecule is C=CCC(C)NS(=O)(=O)c1ccc(C(=O)OC)cc1N. The zero-order chi connectivity index (χ0) is 15.3. The van der Waals surface area contributed by atoms with Crippen molar-refractivity contribution in [1.29, 1.82) is 0 Å². The number of anilines is 1. The van der Waals surface area contributed by atoms with Gasteiger partial charge < -0.3 is 10.5 Å². The Kier molecular flexibility index (Phi) is 5.29. The second-order valence-electron chi connectivity index (χ2n) is 4.29. The molecule has 1 aromatic carbocycles. The summed E-state index contributed by atoms with van der Waals surface area (Å²) in [5.41, 5.74) is 5.89. The lowest BCUT2D eigenvalue weighted by Gasteiger charge is -2.14. The van der Waals surface area contributed by atoms with Crippen LogP contribution < -0.4 is 10.5 Å². The minimum absolute atomic E-state index is 0.00815. The van der Waals surface area contributed by atoms with E-state index in [2.05, 4.69) is 16.0 Å². The van der Waals surface area contributed by atoms with Crippen molar-refractivity contribution in [2.24, 2.45) is 0 Å². The number of esters is 1. The summed E-state index contributed by atoms with van der Waals surface area (Å²) in [6.45, 7) is 5.27. The highest BCUT2D eigenvalue weighted by Crippen LogP contribution is 2.20. The molecule has 0 aliphatic carbocycles. The Bertz CT molecular complexity index is 611. The summed E-state index contributed by atoms with van der Waals surface area (Å²) in [6, 6.07) is 3.62. The molecule has 0 aliphatic rings. The maximum Gasteiger partial charge on any atom is 0.337 e. The Balaban J connectivity index is 3.07. The number of hydrogen-bond acceptors (Lipinski definition) is 5. The molecule has 1 rings (SSSR count). The van der Waals surface area contributed by atoms with Crippen LogP contribution >= 0.6 is 0 Å². The van der Waals surface area contributed by atoms with Gasteiger partial charge in [0.25, 0.3) is 0 Å². The van der Waals surface area contributed by atoms with Gasteiger partial charge in [0.1, 0.15) is 4.90 Å². The average Bonchev–Trinajstić information content (AvgIpc) is 2.36. The zero-order valence-electron chi connectivity index (χ0n) is 11.4. The molecule has 20 heavy (non-hydrogen) atoms. The van der Waals surface area contributed by atoms with E-state index in [9.17, 15) is 13.2 Å². The molecule has 0 bridgehead atoms. The fourth-order valence-electron chi connectivity index (χ4n) is 1.66. The van der Waals surface area contributed by atoms with Crippen molar-refractivity contribution in [2.45, 2.75) is 24.3 Å². The van der Waals surface area contributed by atoms with E-state index >= 15 is 0 Å². The lowest BCUT2D eigenvalue weighted by Crippen LogP contribution is -2.32. The van der Waals surface area contributed by atoms with Crippen LogP contribution in [0.1, 0.15) is 23.7 Å². The van der Waals surface area contributed by atoms with E-state index in [1.165, 1.54) is 25.3 Å². The van der Waals surface area contributed by atoms with Crippen LogP contribution in [-0.4, -0.2) is 27.5 Å². The van der Waals surface area contributed by atoms with Gasteiger partial charge in [-0.25, -0.2) is 17.9 Å². The van der Waals surface area contributed by atoms with E-state index in [0.717, 1.165) is 0 Å². The molecule has 0 aromatic heterocycles. The Hall–Kier alpha value is -1.86. The minimum atomic E-state index is -3.74. The van der Waals surface area contributed by atoms with Gasteiger partial charge in [0, 0.05) is 6.04 Å². The van der Waals surface area contributed by atoms with Gasteiger partial charge >= 0.3 is 5.97 Å². The molecular formula is C13H18N2O4S. The molecular weight excluding hydrogens is 280 g/mol. The van der Waals surface area contributed by atoms with Gasteiger partial charge in [-0.1, -0.05) is 6.08 Å². The number of ether oxygens (including phenoxy) is 1. The highest BCUT2D eigenvalue weighted by molar-refractivity contribution is 7.89. The van der Waals surface area contributed by atoms with E-state index in [1.54, 1.807) is 13.0 Å². The Labute approximate surface area is 118 Å². The topological polar surface area (TPSA) is 98.5 Å². The first-order chi connectivity index (χ1) is 9.31. The molecule has 0 aliphatic heterocycles. The third-order valence-electron chi connectivity index (χ3n) is 2.60. The fourth-order valence-corrected chi connectivity index (χ4v) is 3.03. The van der Waals surface area contributed by atoms with Gasteiger partial charge in [-0.15, -0.1) is 6.58 Å². The van der Waals surface area contributed by atoms with Crippen LogP contribution in [0.25, 0.3) is 0 Å². The standard InChI is InChI=1S/C13H18N2O4S/c1-4-5-9(2)15-20(17,18)12-7-6-10(8-11(12)14)13(16)19-3/h4,6-9,15H,1,5,14H2,2-3H3. The van der Waals surface area contributed by atoms with Crippen LogP contribution in [0, 0.1) is 0 Å². The number of sulfonamides is 1. The van der Waals surface area contributed by atoms with Crippen LogP contribution in [0.4, 0.5) is 5.69 Å². The van der Waals surface area contributed by atoms with Crippen molar-refractivity contribution in [3.8, 4) is 0 Å². The van der Waals surface area contributed by atoms with Gasteiger partial charge in [0.2, 0.25) is 10.0 Å². The maximum absolute atomic E-state index is 12.1. The van der Waals surface area contributed by atoms with Crippen molar-refractivity contribution in [3.05, 3.63) is 36.4 Å². The Morgan fingerprint density at radius 2 is 2.20 bits per heavy atom. The molecule has 0 amide bonds. The third-order valence-corrected chi connectivity index (χ3v) is 4.26. The van der Waals surface area contributed by atoms with E-state index in [4.69, 9.17) is 5.73 Å². The molecule has 1 unspecified atom stereocenters. The summed E-state index contributed by atoms with van der Waals surface area (Å²) in [5.74, 6) is -0.575. The van der Waals surface area contributed by atoms with Gasteiger partial charge in [0.05, 0.1) is 18.4 Å². The van der Waals surface area contributed by atoms with E-state index < -0.39 is 16.0 Å². The first-order valence-electron chi connectivity index (χ1n) is 5.93. The molecule has 0 heterocycles. The van der Waals surface area contributed by atoms with Gasteiger partial charge in [-0.2, -0.15) is 0 Å². The number of rotatable bonds is 6. The smallest absolute Gasteiger partial charge is 0.337 e. The average molecular weight is 298 g/mol. The molecule has 3 N–H and O–H groups in total. The second-order valence-corrected chi connectivity index (χ2v) is 5.97. The normalized spacial score (nSPS) is 12.7. The highest BCUT2D eigenvalue weighted by Gasteiger charge is 2.20. The summed E-state index contributed by atoms with van der Waals surface area (Å²) < 4.78 is 31.3. The summed E-state index contributed by atoms with van der Waals surface area (Å²) in [5, 5.41) is 0. The highest BCUT2D eigenvalue weighted by atomic mass is 32.2. The number of nitrogens with two attached hydrogens (primary N) is 1. The first kappa shape index (κ1) is 16.2. The van der Waals surface area contributed by atoms with Crippen molar-refractivity contribution in [1.82, 2.24) is 4.72 Å². The first-order valence-corrected chi connectivity index (χ1v) is 7.41. The lowest BCUT2D eigenvalue weighted by molar-refractivity contribution is 0.0600. The summed E-state index contributed by atoms with van der Waals surface area (Å²) >= 11 is 0. The number of carbonyl (C=O) groups excluding carboxylic acids is 1. The second kappa shape index (κ2) is 6.53. The molecule has 0 saturated carbocycles. The summed E-state index contributed by atoms with van der Waals surface area (Å²) in [7, 11) is -2.50. The predicted molar refractivity (Wildman–Crippen MR) is 76.8 cm³/mol. The van der Waals surface area contributed by atoms with E-state index in [0.29, 0.717) is 6.42 Å². The molecule has 6 nitrogen and oxygen atoms in total. The molecule has 0 saturated heterocycles. The van der Waals surface area contributed by atoms with Gasteiger partial charge in [-0.3, -0.25) is 0 Å². The van der Waals surface area contributed by atoms with Crippen molar-refractivity contribution < 1.29 is 17.9 Å². The van der Waals surface area contributed by atoms with Crippen molar-refractivity contribution in [3.63, 3.8) is 0 Å². The van der Waals surface area contributed by atoms with Crippen molar-refractivity contribution in [2.75, 3.05) is 12.8 Å². The monoisotopic (exact) mass is 298 g/mol. The number of benzene rings is 1. The minimum Gasteiger partial charge on any atom is -0.465 e. The van der Waals surface area contributed by atoms with Crippen LogP contribution in [0.15, 0.2) is 35.7 Å². The number of nitrogen functional groups attached to an aromatic ring is 1. The maximum atomic E-state index is 12.1. The van der Waals surface area contributed by atoms with Gasteiger partial charge in [0.15, 0.2) is 0 Å². The number of hydrogen-bond donors (Lipinski definition) is 2. The molecule has 110 valence electrons. The van der Waals surface area contributed by atoms with Crippen LogP contribution in [0.2, 0.25) is 0 Å². The summed E-state index contributed by atoms with van der Waals surface area (Å²) in [6.07, 6.45) is 2.12. The zero-order valence-corrected chi connectivity index (χ0v) is 12.2. The Morgan fingerprint density at radius 1 is 1.55 bits per heavy atom. The number of carbonyl (C=O) groups is 1. The van der Waals surface area contributed by atoms with Crippen LogP contribution in [0.5, 0.6) is 0 Å². The molecule has 0 fully saturated rings. The molecule has 0 spiro atoms. The largest absolute Gasteiger partial charge is 0.465 e. The Morgan fingerprint density at radius 3 is 2.70 bits per heavy atom. The molecule has 0 radical (unpaired) electrons. The quantitative estimate of drug-likeness (QED) is 0.468. The molecule has 7 heteroatoms. The lowest BCUT2D eigenvalue weighted by atomic mass is 10.2. The van der Waals surface area contributed by atoms with Crippen LogP contribution in [0.3, 0.4) is 0 Å². The van der Waals surface area contributed by atoms with E-state index in [-0.39, 0.29) is 22.2 Å². The number of nitrogens with one attached hydrogen (secondary N) is 1. The van der Waals surface area contributed by atoms with Crippen molar-refractivity contribution >= 4 is 21.7 Å². The summed E-state index contributed by atoms with van der Waals surface area (Å²) in [4.78, 5) is 11.3. The van der Waals surface area contributed by atoms with Crippen LogP contribution in [-0.2, 0) is 14.8 Å². The molecule has 1 aromatic rings.